The Balaban J connectivity index is 4.16. The predicted octanol–water partition coefficient (Wildman–Crippen LogP) is 0.704. The Morgan fingerprint density at radius 3 is 1.77 bits per heavy atom. The molecule has 0 bridgehead atoms. The van der Waals surface area contributed by atoms with E-state index >= 15 is 0 Å². The minimum Gasteiger partial charge on any atom is -0.445 e. The van der Waals surface area contributed by atoms with E-state index in [1.807, 2.05) is 0 Å². The van der Waals surface area contributed by atoms with E-state index < -0.39 is 26.2 Å². The second-order valence-corrected chi connectivity index (χ2v) is 15.4. The van der Waals surface area contributed by atoms with E-state index in [0.29, 0.717) is 0 Å². The fourth-order valence-corrected chi connectivity index (χ4v) is 12.2. The molecule has 0 heterocycles. The summed E-state index contributed by atoms with van der Waals surface area (Å²) in [4.78, 5) is 0. The van der Waals surface area contributed by atoms with Gasteiger partial charge in [0.1, 0.15) is 10.5 Å². The van der Waals surface area contributed by atoms with Crippen LogP contribution < -0.4 is 0 Å². The Morgan fingerprint density at radius 2 is 1.46 bits per heavy atom. The summed E-state index contributed by atoms with van der Waals surface area (Å²) < 4.78 is 17.4. The molecule has 13 heavy (non-hydrogen) atoms. The van der Waals surface area contributed by atoms with Crippen LogP contribution in [-0.2, 0) is 12.3 Å². The van der Waals surface area contributed by atoms with E-state index in [-0.39, 0.29) is 0 Å². The standard InChI is InChI=1S/C6H22O3Si4/c1-11(2)8-13(5,6)9-12(3,4)7-10/h11H,1-6,10H3. The van der Waals surface area contributed by atoms with E-state index in [1.54, 1.807) is 0 Å². The molecule has 0 saturated carbocycles. The highest BCUT2D eigenvalue weighted by Gasteiger charge is 2.35. The normalized spacial score (nSPS) is 14.1. The van der Waals surface area contributed by atoms with Crippen LogP contribution in [0.25, 0.3) is 0 Å². The van der Waals surface area contributed by atoms with Gasteiger partial charge < -0.3 is 12.3 Å². The summed E-state index contributed by atoms with van der Waals surface area (Å²) in [5.74, 6) is 0. The van der Waals surface area contributed by atoms with E-state index in [2.05, 4.69) is 39.3 Å². The van der Waals surface area contributed by atoms with Gasteiger partial charge in [-0.15, -0.1) is 0 Å². The predicted molar refractivity (Wildman–Crippen MR) is 67.0 cm³/mol. The second kappa shape index (κ2) is 5.01. The first-order chi connectivity index (χ1) is 5.68. The van der Waals surface area contributed by atoms with Crippen molar-refractivity contribution in [3.8, 4) is 0 Å². The third kappa shape index (κ3) is 6.77. The van der Waals surface area contributed by atoms with E-state index in [0.717, 1.165) is 10.5 Å². The molecule has 0 aromatic carbocycles. The Kier molecular flexibility index (Phi) is 5.29. The third-order valence-corrected chi connectivity index (χ3v) is 13.5. The molecule has 0 rings (SSSR count). The molecule has 0 fully saturated rings. The lowest BCUT2D eigenvalue weighted by Crippen LogP contribution is -2.49. The second-order valence-electron chi connectivity index (χ2n) is 4.27. The maximum absolute atomic E-state index is 5.99. The van der Waals surface area contributed by atoms with Crippen molar-refractivity contribution in [3.05, 3.63) is 0 Å². The van der Waals surface area contributed by atoms with Gasteiger partial charge in [-0.1, -0.05) is 0 Å². The van der Waals surface area contributed by atoms with E-state index in [9.17, 15) is 0 Å². The maximum Gasteiger partial charge on any atom is 0.312 e. The molecule has 0 amide bonds. The lowest BCUT2D eigenvalue weighted by atomic mass is 11.9. The van der Waals surface area contributed by atoms with Crippen molar-refractivity contribution < 1.29 is 12.3 Å². The Bertz CT molecular complexity index is 160. The molecule has 0 atom stereocenters. The van der Waals surface area contributed by atoms with Crippen LogP contribution in [0.5, 0.6) is 0 Å². The third-order valence-electron chi connectivity index (χ3n) is 1.50. The highest BCUT2D eigenvalue weighted by molar-refractivity contribution is 6.82. The molecule has 3 nitrogen and oxygen atoms in total. The van der Waals surface area contributed by atoms with Gasteiger partial charge in [0.05, 0.1) is 0 Å². The highest BCUT2D eigenvalue weighted by Crippen LogP contribution is 2.16. The largest absolute Gasteiger partial charge is 0.445 e. The van der Waals surface area contributed by atoms with Crippen molar-refractivity contribution in [3.63, 3.8) is 0 Å². The molecule has 0 aliphatic rings. The summed E-state index contributed by atoms with van der Waals surface area (Å²) in [5, 5.41) is 0. The Labute approximate surface area is 88.6 Å². The lowest BCUT2D eigenvalue weighted by molar-refractivity contribution is 0.346. The van der Waals surface area contributed by atoms with Crippen molar-refractivity contribution >= 4 is 36.6 Å². The molecule has 80 valence electrons. The summed E-state index contributed by atoms with van der Waals surface area (Å²) in [7, 11) is -3.99. The van der Waals surface area contributed by atoms with Crippen molar-refractivity contribution in [2.24, 2.45) is 0 Å². The number of hydrogen-bond acceptors (Lipinski definition) is 3. The SMILES string of the molecule is C[SiH](C)O[Si](C)(C)O[Si](C)(C)O[SiH3]. The summed E-state index contributed by atoms with van der Waals surface area (Å²) in [5.41, 5.74) is 0. The zero-order valence-corrected chi connectivity index (χ0v) is 15.0. The zero-order valence-electron chi connectivity index (χ0n) is 9.80. The van der Waals surface area contributed by atoms with Gasteiger partial charge >= 0.3 is 17.1 Å². The minimum absolute atomic E-state index is 0.754. The van der Waals surface area contributed by atoms with Gasteiger partial charge in [0.15, 0.2) is 9.04 Å². The molecule has 0 aliphatic heterocycles. The molecule has 0 unspecified atom stereocenters. The number of hydrogen-bond donors (Lipinski definition) is 0. The molecule has 7 heteroatoms. The molecule has 0 radical (unpaired) electrons. The van der Waals surface area contributed by atoms with Crippen LogP contribution in [0.15, 0.2) is 0 Å². The van der Waals surface area contributed by atoms with Crippen molar-refractivity contribution in [2.75, 3.05) is 0 Å². The quantitative estimate of drug-likeness (QED) is 0.676. The fraction of sp³-hybridized carbons (Fsp3) is 1.00. The number of rotatable bonds is 5. The molecular formula is C6H22O3Si4. The molecular weight excluding hydrogens is 232 g/mol. The molecule has 0 N–H and O–H groups in total. The summed E-state index contributed by atoms with van der Waals surface area (Å²) in [6.07, 6.45) is 0. The molecule has 0 aromatic rings. The smallest absolute Gasteiger partial charge is 0.312 e. The van der Waals surface area contributed by atoms with Crippen LogP contribution >= 0.6 is 0 Å². The first-order valence-corrected chi connectivity index (χ1v) is 13.8. The van der Waals surface area contributed by atoms with Crippen LogP contribution in [0.2, 0.25) is 39.3 Å². The van der Waals surface area contributed by atoms with E-state index in [4.69, 9.17) is 12.3 Å². The van der Waals surface area contributed by atoms with Gasteiger partial charge in [0.25, 0.3) is 0 Å². The molecule has 0 aliphatic carbocycles. The fourth-order valence-electron chi connectivity index (χ4n) is 1.23. The van der Waals surface area contributed by atoms with Crippen LogP contribution in [0.3, 0.4) is 0 Å². The Hall–Kier alpha value is 0.748. The zero-order chi connectivity index (χ0) is 10.7. The minimum atomic E-state index is -1.90. The molecule has 0 aromatic heterocycles. The van der Waals surface area contributed by atoms with Crippen LogP contribution in [0.1, 0.15) is 0 Å². The van der Waals surface area contributed by atoms with Crippen LogP contribution in [0, 0.1) is 0 Å². The monoisotopic (exact) mass is 254 g/mol. The first-order valence-electron chi connectivity index (χ1n) is 4.62. The van der Waals surface area contributed by atoms with Crippen molar-refractivity contribution in [1.82, 2.24) is 0 Å². The van der Waals surface area contributed by atoms with Crippen molar-refractivity contribution in [1.29, 1.82) is 0 Å². The van der Waals surface area contributed by atoms with E-state index in [1.165, 1.54) is 0 Å². The Morgan fingerprint density at radius 1 is 1.00 bits per heavy atom. The average molecular weight is 255 g/mol. The van der Waals surface area contributed by atoms with Crippen LogP contribution in [0.4, 0.5) is 0 Å². The summed E-state index contributed by atoms with van der Waals surface area (Å²) >= 11 is 0. The van der Waals surface area contributed by atoms with Gasteiger partial charge in [-0.25, -0.2) is 0 Å². The topological polar surface area (TPSA) is 27.7 Å². The van der Waals surface area contributed by atoms with Gasteiger partial charge in [-0.05, 0) is 39.3 Å². The molecule has 0 saturated heterocycles. The van der Waals surface area contributed by atoms with Crippen molar-refractivity contribution in [2.45, 2.75) is 39.3 Å². The maximum atomic E-state index is 5.99. The summed E-state index contributed by atoms with van der Waals surface area (Å²) in [6.45, 7) is 12.7. The first kappa shape index (κ1) is 13.7. The highest BCUT2D eigenvalue weighted by atomic mass is 28.5. The lowest BCUT2D eigenvalue weighted by Gasteiger charge is -2.33. The van der Waals surface area contributed by atoms with Gasteiger partial charge in [-0.3, -0.25) is 0 Å². The molecule has 0 spiro atoms. The summed E-state index contributed by atoms with van der Waals surface area (Å²) in [6, 6.07) is 0. The van der Waals surface area contributed by atoms with Gasteiger partial charge in [0, 0.05) is 0 Å². The average Bonchev–Trinajstić information content (AvgIpc) is 1.81. The van der Waals surface area contributed by atoms with Gasteiger partial charge in [-0.2, -0.15) is 0 Å². The van der Waals surface area contributed by atoms with Gasteiger partial charge in [0.2, 0.25) is 0 Å². The van der Waals surface area contributed by atoms with Crippen LogP contribution in [-0.4, -0.2) is 36.6 Å².